The van der Waals surface area contributed by atoms with E-state index in [-0.39, 0.29) is 12.0 Å². The van der Waals surface area contributed by atoms with Gasteiger partial charge in [-0.05, 0) is 47.3 Å². The maximum atomic E-state index is 13.4. The molecule has 1 heterocycles. The maximum absolute atomic E-state index is 13.4. The van der Waals surface area contributed by atoms with Gasteiger partial charge in [-0.3, -0.25) is 0 Å². The summed E-state index contributed by atoms with van der Waals surface area (Å²) in [7, 11) is 0. The van der Waals surface area contributed by atoms with Crippen molar-refractivity contribution in [3.63, 3.8) is 0 Å². The molecule has 1 unspecified atom stereocenters. The van der Waals surface area contributed by atoms with Crippen LogP contribution >= 0.6 is 15.9 Å². The number of rotatable bonds is 3. The molecule has 0 saturated carbocycles. The molecule has 1 aliphatic heterocycles. The van der Waals surface area contributed by atoms with Gasteiger partial charge in [0.25, 0.3) is 0 Å². The summed E-state index contributed by atoms with van der Waals surface area (Å²) < 4.78 is 19.4. The third kappa shape index (κ3) is 2.87. The molecule has 0 bridgehead atoms. The Labute approximate surface area is 109 Å². The molecule has 17 heavy (non-hydrogen) atoms. The van der Waals surface area contributed by atoms with Gasteiger partial charge in [0.2, 0.25) is 0 Å². The van der Waals surface area contributed by atoms with Crippen LogP contribution in [0, 0.1) is 5.82 Å². The molecule has 1 saturated heterocycles. The van der Waals surface area contributed by atoms with Crippen LogP contribution in [0.15, 0.2) is 23.2 Å². The maximum Gasteiger partial charge on any atom is 0.138 e. The molecule has 4 heteroatoms. The highest BCUT2D eigenvalue weighted by Gasteiger charge is 2.16. The van der Waals surface area contributed by atoms with Crippen molar-refractivity contribution in [1.82, 2.24) is 0 Å². The molecule has 0 aromatic heterocycles. The van der Waals surface area contributed by atoms with Gasteiger partial charge in [0.15, 0.2) is 0 Å². The van der Waals surface area contributed by atoms with Crippen molar-refractivity contribution in [3.8, 4) is 0 Å². The lowest BCUT2D eigenvalue weighted by atomic mass is 10.1. The number of halogens is 2. The Morgan fingerprint density at radius 2 is 2.29 bits per heavy atom. The average molecular weight is 300 g/mol. The van der Waals surface area contributed by atoms with E-state index >= 15 is 0 Å². The second kappa shape index (κ2) is 5.65. The van der Waals surface area contributed by atoms with E-state index in [4.69, 9.17) is 4.74 Å². The largest absolute Gasteiger partial charge is 0.360 e. The van der Waals surface area contributed by atoms with E-state index in [0.717, 1.165) is 37.1 Å². The highest BCUT2D eigenvalue weighted by Crippen LogP contribution is 2.30. The molecule has 1 fully saturated rings. The van der Waals surface area contributed by atoms with Gasteiger partial charge in [0.05, 0.1) is 4.47 Å². The van der Waals surface area contributed by atoms with Crippen LogP contribution in [0.25, 0.3) is 6.08 Å². The average Bonchev–Trinajstić information content (AvgIpc) is 2.36. The summed E-state index contributed by atoms with van der Waals surface area (Å²) in [6.07, 6.45) is 4.90. The fourth-order valence-corrected chi connectivity index (χ4v) is 2.43. The van der Waals surface area contributed by atoms with Crippen LogP contribution in [-0.4, -0.2) is 12.8 Å². The van der Waals surface area contributed by atoms with Crippen molar-refractivity contribution in [3.05, 3.63) is 34.6 Å². The SMILES string of the molecule is C=Cc1c(NC2CCCCO2)ccc(F)c1Br. The summed E-state index contributed by atoms with van der Waals surface area (Å²) in [5.41, 5.74) is 1.58. The van der Waals surface area contributed by atoms with Gasteiger partial charge in [0.1, 0.15) is 12.0 Å². The molecule has 0 aliphatic carbocycles. The van der Waals surface area contributed by atoms with E-state index in [2.05, 4.69) is 27.8 Å². The van der Waals surface area contributed by atoms with Crippen LogP contribution in [0.4, 0.5) is 10.1 Å². The standard InChI is InChI=1S/C13H15BrFNO/c1-2-9-11(7-6-10(15)13(9)14)16-12-5-3-4-8-17-12/h2,6-7,12,16H,1,3-5,8H2. The molecule has 92 valence electrons. The topological polar surface area (TPSA) is 21.3 Å². The van der Waals surface area contributed by atoms with Crippen molar-refractivity contribution in [2.24, 2.45) is 0 Å². The van der Waals surface area contributed by atoms with Crippen molar-refractivity contribution >= 4 is 27.7 Å². The van der Waals surface area contributed by atoms with Crippen LogP contribution < -0.4 is 5.32 Å². The van der Waals surface area contributed by atoms with E-state index in [0.29, 0.717) is 4.47 Å². The fourth-order valence-electron chi connectivity index (χ4n) is 1.92. The number of ether oxygens (including phenoxy) is 1. The van der Waals surface area contributed by atoms with Crippen molar-refractivity contribution < 1.29 is 9.13 Å². The summed E-state index contributed by atoms with van der Waals surface area (Å²) >= 11 is 3.23. The Morgan fingerprint density at radius 3 is 2.94 bits per heavy atom. The monoisotopic (exact) mass is 299 g/mol. The van der Waals surface area contributed by atoms with Crippen LogP contribution in [0.3, 0.4) is 0 Å². The lowest BCUT2D eigenvalue weighted by molar-refractivity contribution is 0.0343. The van der Waals surface area contributed by atoms with Gasteiger partial charge in [-0.25, -0.2) is 4.39 Å². The first-order valence-electron chi connectivity index (χ1n) is 5.71. The summed E-state index contributed by atoms with van der Waals surface area (Å²) in [4.78, 5) is 0. The van der Waals surface area contributed by atoms with E-state index in [1.165, 1.54) is 6.07 Å². The van der Waals surface area contributed by atoms with Gasteiger partial charge in [-0.1, -0.05) is 12.7 Å². The number of hydrogen-bond acceptors (Lipinski definition) is 2. The van der Waals surface area contributed by atoms with Gasteiger partial charge in [-0.2, -0.15) is 0 Å². The highest BCUT2D eigenvalue weighted by atomic mass is 79.9. The van der Waals surface area contributed by atoms with Crippen LogP contribution in [0.5, 0.6) is 0 Å². The lowest BCUT2D eigenvalue weighted by Gasteiger charge is -2.25. The van der Waals surface area contributed by atoms with Crippen LogP contribution in [-0.2, 0) is 4.74 Å². The van der Waals surface area contributed by atoms with E-state index in [1.807, 2.05) is 0 Å². The van der Waals surface area contributed by atoms with Gasteiger partial charge >= 0.3 is 0 Å². The summed E-state index contributed by atoms with van der Waals surface area (Å²) in [6, 6.07) is 3.15. The summed E-state index contributed by atoms with van der Waals surface area (Å²) in [5, 5.41) is 3.28. The molecule has 1 atom stereocenters. The van der Waals surface area contributed by atoms with Gasteiger partial charge in [-0.15, -0.1) is 0 Å². The lowest BCUT2D eigenvalue weighted by Crippen LogP contribution is -2.27. The number of benzene rings is 1. The minimum absolute atomic E-state index is 0.0137. The Kier molecular flexibility index (Phi) is 4.18. The highest BCUT2D eigenvalue weighted by molar-refractivity contribution is 9.10. The third-order valence-electron chi connectivity index (χ3n) is 2.83. The Hall–Kier alpha value is -0.870. The van der Waals surface area contributed by atoms with Crippen LogP contribution in [0.1, 0.15) is 24.8 Å². The zero-order chi connectivity index (χ0) is 12.3. The zero-order valence-corrected chi connectivity index (χ0v) is 11.1. The first-order chi connectivity index (χ1) is 8.22. The van der Waals surface area contributed by atoms with Gasteiger partial charge in [0, 0.05) is 17.9 Å². The molecule has 2 nitrogen and oxygen atoms in total. The van der Waals surface area contributed by atoms with Crippen molar-refractivity contribution in [2.45, 2.75) is 25.5 Å². The smallest absolute Gasteiger partial charge is 0.138 e. The molecule has 2 rings (SSSR count). The number of anilines is 1. The second-order valence-corrected chi connectivity index (χ2v) is 4.82. The molecule has 1 N–H and O–H groups in total. The first-order valence-corrected chi connectivity index (χ1v) is 6.50. The molecule has 0 radical (unpaired) electrons. The number of hydrogen-bond donors (Lipinski definition) is 1. The first kappa shape index (κ1) is 12.6. The Bertz CT molecular complexity index is 416. The molecular weight excluding hydrogens is 285 g/mol. The van der Waals surface area contributed by atoms with Gasteiger partial charge < -0.3 is 10.1 Å². The molecule has 1 aliphatic rings. The third-order valence-corrected chi connectivity index (χ3v) is 3.64. The zero-order valence-electron chi connectivity index (χ0n) is 9.51. The predicted molar refractivity (Wildman–Crippen MR) is 71.4 cm³/mol. The molecule has 0 spiro atoms. The quantitative estimate of drug-likeness (QED) is 0.904. The Morgan fingerprint density at radius 1 is 1.47 bits per heavy atom. The summed E-state index contributed by atoms with van der Waals surface area (Å²) in [6.45, 7) is 4.49. The molecular formula is C13H15BrFNO. The summed E-state index contributed by atoms with van der Waals surface area (Å²) in [5.74, 6) is -0.282. The minimum Gasteiger partial charge on any atom is -0.360 e. The van der Waals surface area contributed by atoms with Crippen molar-refractivity contribution in [2.75, 3.05) is 11.9 Å². The van der Waals surface area contributed by atoms with E-state index in [9.17, 15) is 4.39 Å². The normalized spacial score (nSPS) is 20.0. The molecule has 1 aromatic rings. The minimum atomic E-state index is -0.282. The molecule has 1 aromatic carbocycles. The van der Waals surface area contributed by atoms with E-state index < -0.39 is 0 Å². The molecule has 0 amide bonds. The Balaban J connectivity index is 2.19. The predicted octanol–water partition coefficient (Wildman–Crippen LogP) is 4.17. The van der Waals surface area contributed by atoms with Crippen molar-refractivity contribution in [1.29, 1.82) is 0 Å². The second-order valence-electron chi connectivity index (χ2n) is 4.03. The number of nitrogens with one attached hydrogen (secondary N) is 1. The fraction of sp³-hybridized carbons (Fsp3) is 0.385. The van der Waals surface area contributed by atoms with E-state index in [1.54, 1.807) is 12.1 Å². The van der Waals surface area contributed by atoms with Crippen LogP contribution in [0.2, 0.25) is 0 Å².